The van der Waals surface area contributed by atoms with Crippen LogP contribution in [0.4, 0.5) is 26.3 Å². The Bertz CT molecular complexity index is 345. The van der Waals surface area contributed by atoms with Gasteiger partial charge in [-0.1, -0.05) is 20.8 Å². The van der Waals surface area contributed by atoms with E-state index in [9.17, 15) is 26.3 Å². The normalized spacial score (nSPS) is 12.6. The Morgan fingerprint density at radius 1 is 0.852 bits per heavy atom. The fourth-order valence-corrected chi connectivity index (χ4v) is 4.78. The molecule has 0 fully saturated rings. The zero-order valence-electron chi connectivity index (χ0n) is 16.7. The van der Waals surface area contributed by atoms with Crippen LogP contribution in [0, 0.1) is 6.08 Å². The van der Waals surface area contributed by atoms with Crippen molar-refractivity contribution in [3.05, 3.63) is 38.6 Å². The van der Waals surface area contributed by atoms with Crippen LogP contribution in [0.1, 0.15) is 27.2 Å². The first-order valence-corrected chi connectivity index (χ1v) is 11.7. The Morgan fingerprint density at radius 3 is 1.30 bits per heavy atom. The van der Waals surface area contributed by atoms with E-state index in [0.717, 1.165) is 25.7 Å². The molecule has 3 nitrogen and oxygen atoms in total. The van der Waals surface area contributed by atoms with Crippen molar-refractivity contribution in [2.24, 2.45) is 0 Å². The zero-order valence-corrected chi connectivity index (χ0v) is 21.6. The molecule has 0 saturated heterocycles. The molecule has 0 bridgehead atoms. The summed E-state index contributed by atoms with van der Waals surface area (Å²) in [4.78, 5) is 0. The van der Waals surface area contributed by atoms with Crippen LogP contribution in [0.5, 0.6) is 0 Å². The summed E-state index contributed by atoms with van der Waals surface area (Å²) in [7, 11) is 5.42. The van der Waals surface area contributed by atoms with E-state index in [1.807, 2.05) is 20.8 Å². The molecule has 0 radical (unpaired) electrons. The second-order valence-corrected chi connectivity index (χ2v) is 10.5. The number of nitrogens with zero attached hydrogens (tertiary/aromatic N) is 3. The number of halogens is 6. The van der Waals surface area contributed by atoms with Gasteiger partial charge in [0.1, 0.15) is 0 Å². The molecular formula is C16H29F6GeN3Zr. The largest absolute Gasteiger partial charge is 4.00 e. The Balaban J connectivity index is -0.000000169. The first kappa shape index (κ1) is 34.8. The fraction of sp³-hybridized carbons (Fsp3) is 0.750. The molecular weight excluding hydrogens is 512 g/mol. The van der Waals surface area contributed by atoms with Gasteiger partial charge in [-0.25, -0.2) is 0 Å². The quantitative estimate of drug-likeness (QED) is 0.250. The Kier molecular flexibility index (Phi) is 27.2. The summed E-state index contributed by atoms with van der Waals surface area (Å²) in [5.74, 6) is 0. The van der Waals surface area contributed by atoms with Crippen LogP contribution >= 0.6 is 0 Å². The van der Waals surface area contributed by atoms with E-state index in [-0.39, 0.29) is 32.6 Å². The van der Waals surface area contributed by atoms with Crippen LogP contribution in [0.2, 0.25) is 0 Å². The van der Waals surface area contributed by atoms with Gasteiger partial charge in [-0.2, -0.15) is 40.8 Å². The fourth-order valence-electron chi connectivity index (χ4n) is 1.16. The van der Waals surface area contributed by atoms with Crippen LogP contribution in [-0.4, -0.2) is 65.1 Å². The third-order valence-corrected chi connectivity index (χ3v) is 7.52. The van der Waals surface area contributed by atoms with Crippen LogP contribution in [0.15, 0.2) is 16.6 Å². The molecule has 0 aromatic carbocycles. The number of allylic oxidation sites excluding steroid dienone is 4. The van der Waals surface area contributed by atoms with E-state index in [1.54, 1.807) is 21.1 Å². The van der Waals surface area contributed by atoms with Gasteiger partial charge < -0.3 is 16.0 Å². The van der Waals surface area contributed by atoms with Gasteiger partial charge >= 0.3 is 106 Å². The maximum atomic E-state index is 12.1. The Hall–Kier alpha value is 0.366. The maximum absolute atomic E-state index is 12.1. The molecule has 27 heavy (non-hydrogen) atoms. The molecule has 1 rings (SSSR count). The predicted molar refractivity (Wildman–Crippen MR) is 99.2 cm³/mol. The summed E-state index contributed by atoms with van der Waals surface area (Å²) in [6, 6.07) is 0. The molecule has 0 heterocycles. The molecule has 0 atom stereocenters. The van der Waals surface area contributed by atoms with Gasteiger partial charge in [-0.3, -0.25) is 0 Å². The molecule has 11 heteroatoms. The molecule has 0 spiro atoms. The molecule has 1 aliphatic rings. The Morgan fingerprint density at radius 2 is 1.15 bits per heavy atom. The van der Waals surface area contributed by atoms with Crippen molar-refractivity contribution in [1.29, 1.82) is 0 Å². The van der Waals surface area contributed by atoms with Crippen molar-refractivity contribution in [2.45, 2.75) is 37.2 Å². The summed E-state index contributed by atoms with van der Waals surface area (Å²) in [5, 5.41) is 0.963. The van der Waals surface area contributed by atoms with Gasteiger partial charge in [-0.05, 0) is 0 Å². The van der Waals surface area contributed by atoms with E-state index in [1.165, 1.54) is 6.08 Å². The van der Waals surface area contributed by atoms with Crippen molar-refractivity contribution >= 4 is 14.3 Å². The smallest absolute Gasteiger partial charge is 4.00 e. The molecule has 1 aliphatic carbocycles. The minimum Gasteiger partial charge on any atom is 4.00 e. The Labute approximate surface area is 183 Å². The minimum absolute atomic E-state index is 0. The first-order valence-electron chi connectivity index (χ1n) is 8.05. The van der Waals surface area contributed by atoms with E-state index >= 15 is 0 Å². The van der Waals surface area contributed by atoms with Crippen LogP contribution in [-0.2, 0) is 26.2 Å². The van der Waals surface area contributed by atoms with E-state index < -0.39 is 28.8 Å². The zero-order chi connectivity index (χ0) is 21.2. The maximum Gasteiger partial charge on any atom is 4.00 e. The first-order chi connectivity index (χ1) is 12.0. The van der Waals surface area contributed by atoms with Gasteiger partial charge in [0, 0.05) is 0 Å². The summed E-state index contributed by atoms with van der Waals surface area (Å²) in [6.07, 6.45) is 4.31. The number of hydrogen-bond acceptors (Lipinski definition) is 0. The van der Waals surface area contributed by atoms with Gasteiger partial charge in [0.05, 0.1) is 0 Å². The van der Waals surface area contributed by atoms with Crippen LogP contribution in [0.25, 0.3) is 16.0 Å². The molecule has 0 amide bonds. The second-order valence-electron chi connectivity index (χ2n) is 4.65. The molecule has 0 aromatic heterocycles. The van der Waals surface area contributed by atoms with E-state index in [0.29, 0.717) is 0 Å². The van der Waals surface area contributed by atoms with Crippen LogP contribution in [0.3, 0.4) is 0 Å². The molecule has 0 unspecified atom stereocenters. The van der Waals surface area contributed by atoms with Crippen molar-refractivity contribution in [2.75, 3.05) is 40.8 Å². The number of rotatable bonds is 4. The SMILES string of the molecule is CC[N-]C.CC[N-]C.CC[N-]C.F[C](F)(F)[GeH]([C]1=[C-]CC=C1)[C](F)(F)F.[Zr+4]. The van der Waals surface area contributed by atoms with E-state index in [4.69, 9.17) is 0 Å². The van der Waals surface area contributed by atoms with Gasteiger partial charge in [0.2, 0.25) is 0 Å². The van der Waals surface area contributed by atoms with Crippen molar-refractivity contribution < 1.29 is 52.5 Å². The van der Waals surface area contributed by atoms with E-state index in [2.05, 4.69) is 22.0 Å². The molecule has 0 N–H and O–H groups in total. The van der Waals surface area contributed by atoms with Crippen molar-refractivity contribution in [3.8, 4) is 0 Å². The minimum atomic E-state index is -5.48. The summed E-state index contributed by atoms with van der Waals surface area (Å²) in [6.45, 7) is 8.88. The molecule has 0 saturated carbocycles. The topological polar surface area (TPSA) is 42.3 Å². The summed E-state index contributed by atoms with van der Waals surface area (Å²) in [5.41, 5.74) is 0. The van der Waals surface area contributed by atoms with Gasteiger partial charge in [0.25, 0.3) is 0 Å². The number of hydrogen-bond donors (Lipinski definition) is 0. The molecule has 0 aromatic rings. The standard InChI is InChI=1S/C7H5F6Ge.3C3H8N.Zr/c8-6(9,10)14(7(11,12)13)5-3-1-2-4-5;3*1-3-4-2;/h1,3,14H,2H2;3*3H2,1-2H3;/q4*-1;+4. The predicted octanol–water partition coefficient (Wildman–Crippen LogP) is 5.67. The van der Waals surface area contributed by atoms with Gasteiger partial charge in [0.15, 0.2) is 0 Å². The third-order valence-electron chi connectivity index (χ3n) is 2.64. The third kappa shape index (κ3) is 22.5. The molecule has 0 aliphatic heterocycles. The van der Waals surface area contributed by atoms with Crippen molar-refractivity contribution in [1.82, 2.24) is 0 Å². The average Bonchev–Trinajstić information content (AvgIpc) is 3.06. The van der Waals surface area contributed by atoms with Gasteiger partial charge in [-0.15, -0.1) is 0 Å². The summed E-state index contributed by atoms with van der Waals surface area (Å²) < 4.78 is 72.2. The summed E-state index contributed by atoms with van der Waals surface area (Å²) >= 11 is -5.48. The number of alkyl halides is 6. The molecule has 158 valence electrons. The van der Waals surface area contributed by atoms with Crippen LogP contribution < -0.4 is 0 Å². The average molecular weight is 541 g/mol. The van der Waals surface area contributed by atoms with Crippen molar-refractivity contribution in [3.63, 3.8) is 0 Å². The second kappa shape index (κ2) is 21.1. The monoisotopic (exact) mass is 541 g/mol.